The molecule has 0 aliphatic heterocycles. The van der Waals surface area contributed by atoms with Crippen LogP contribution in [0, 0.1) is 0 Å². The molecular formula is C44H33N3. The third-order valence-electron chi connectivity index (χ3n) is 8.23. The van der Waals surface area contributed by atoms with Crippen molar-refractivity contribution in [3.63, 3.8) is 0 Å². The van der Waals surface area contributed by atoms with Crippen molar-refractivity contribution in [2.45, 2.75) is 6.92 Å². The lowest BCUT2D eigenvalue weighted by atomic mass is 9.99. The molecule has 0 aliphatic rings. The molecule has 47 heavy (non-hydrogen) atoms. The van der Waals surface area contributed by atoms with Crippen LogP contribution in [0.15, 0.2) is 176 Å². The van der Waals surface area contributed by atoms with E-state index in [-0.39, 0.29) is 0 Å². The highest BCUT2D eigenvalue weighted by Crippen LogP contribution is 2.32. The first-order valence-corrected chi connectivity index (χ1v) is 15.7. The SMILES string of the molecule is C=C(/C=N\C=C/C)c1ccc(-c2cc(-c3ccc(-c4ccccc4)cc3)nc(-c3cccc(-c4ccc5ccccc5c4)c3)n2)cc1. The second-order valence-corrected chi connectivity index (χ2v) is 11.4. The normalized spacial score (nSPS) is 11.4. The summed E-state index contributed by atoms with van der Waals surface area (Å²) in [7, 11) is 0. The zero-order valence-electron chi connectivity index (χ0n) is 26.2. The van der Waals surface area contributed by atoms with Gasteiger partial charge in [0, 0.05) is 29.1 Å². The van der Waals surface area contributed by atoms with Gasteiger partial charge in [-0.25, -0.2) is 9.97 Å². The second-order valence-electron chi connectivity index (χ2n) is 11.4. The fourth-order valence-corrected chi connectivity index (χ4v) is 5.69. The molecule has 0 fully saturated rings. The van der Waals surface area contributed by atoms with Crippen LogP contribution in [-0.4, -0.2) is 16.2 Å². The highest BCUT2D eigenvalue weighted by atomic mass is 14.9. The first kappa shape index (κ1) is 29.5. The van der Waals surface area contributed by atoms with Gasteiger partial charge in [0.1, 0.15) is 0 Å². The van der Waals surface area contributed by atoms with Crippen molar-refractivity contribution in [1.29, 1.82) is 0 Å². The van der Waals surface area contributed by atoms with Gasteiger partial charge in [0.2, 0.25) is 0 Å². The molecule has 7 rings (SSSR count). The maximum Gasteiger partial charge on any atom is 0.160 e. The number of aliphatic imine (C=N–C) groups is 1. The van der Waals surface area contributed by atoms with Crippen molar-refractivity contribution in [3.8, 4) is 56.2 Å². The fourth-order valence-electron chi connectivity index (χ4n) is 5.69. The van der Waals surface area contributed by atoms with Gasteiger partial charge < -0.3 is 0 Å². The van der Waals surface area contributed by atoms with E-state index in [0.29, 0.717) is 5.82 Å². The van der Waals surface area contributed by atoms with E-state index in [0.717, 1.165) is 50.3 Å². The largest absolute Gasteiger partial charge is 0.264 e. The number of allylic oxidation sites excluding steroid dienone is 2. The van der Waals surface area contributed by atoms with Gasteiger partial charge >= 0.3 is 0 Å². The molecule has 7 aromatic rings. The summed E-state index contributed by atoms with van der Waals surface area (Å²) < 4.78 is 0. The van der Waals surface area contributed by atoms with Crippen LogP contribution >= 0.6 is 0 Å². The minimum Gasteiger partial charge on any atom is -0.264 e. The lowest BCUT2D eigenvalue weighted by Gasteiger charge is -2.12. The molecule has 0 aliphatic carbocycles. The molecule has 0 N–H and O–H groups in total. The molecule has 0 radical (unpaired) electrons. The second kappa shape index (κ2) is 13.4. The number of nitrogens with zero attached hydrogens (tertiary/aromatic N) is 3. The lowest BCUT2D eigenvalue weighted by molar-refractivity contribution is 1.18. The van der Waals surface area contributed by atoms with Crippen molar-refractivity contribution in [2.24, 2.45) is 4.99 Å². The standard InChI is InChI=1S/C44H33N3/c1-3-26-45-30-31(2)32-16-21-36(22-17-32)42-29-43(37-23-18-35(19-24-37)33-10-5-4-6-11-33)47-44(46-42)41-15-9-14-39(28-41)40-25-20-34-12-7-8-13-38(34)27-40/h3-30H,2H2,1H3/b26-3-,45-30-. The molecule has 0 bridgehead atoms. The van der Waals surface area contributed by atoms with E-state index in [2.05, 4.69) is 157 Å². The molecule has 1 aromatic heterocycles. The van der Waals surface area contributed by atoms with Crippen molar-refractivity contribution >= 4 is 22.6 Å². The molecular weight excluding hydrogens is 571 g/mol. The molecule has 0 atom stereocenters. The van der Waals surface area contributed by atoms with Gasteiger partial charge in [0.25, 0.3) is 0 Å². The van der Waals surface area contributed by atoms with Crippen LogP contribution in [-0.2, 0) is 0 Å². The predicted octanol–water partition coefficient (Wildman–Crippen LogP) is 11.6. The van der Waals surface area contributed by atoms with E-state index in [1.165, 1.54) is 21.9 Å². The van der Waals surface area contributed by atoms with Gasteiger partial charge in [-0.2, -0.15) is 0 Å². The Bertz CT molecular complexity index is 2240. The van der Waals surface area contributed by atoms with Gasteiger partial charge in [-0.1, -0.05) is 146 Å². The minimum atomic E-state index is 0.680. The third kappa shape index (κ3) is 6.61. The lowest BCUT2D eigenvalue weighted by Crippen LogP contribution is -1.96. The summed E-state index contributed by atoms with van der Waals surface area (Å²) in [5.74, 6) is 0.680. The zero-order valence-corrected chi connectivity index (χ0v) is 26.2. The number of hydrogen-bond acceptors (Lipinski definition) is 3. The first-order chi connectivity index (χ1) is 23.1. The molecule has 0 saturated heterocycles. The summed E-state index contributed by atoms with van der Waals surface area (Å²) in [6.45, 7) is 6.12. The van der Waals surface area contributed by atoms with Crippen LogP contribution in [0.5, 0.6) is 0 Å². The maximum absolute atomic E-state index is 5.13. The van der Waals surface area contributed by atoms with Crippen LogP contribution in [0.2, 0.25) is 0 Å². The predicted molar refractivity (Wildman–Crippen MR) is 199 cm³/mol. The topological polar surface area (TPSA) is 38.1 Å². The molecule has 0 spiro atoms. The molecule has 3 heteroatoms. The van der Waals surface area contributed by atoms with E-state index in [1.54, 1.807) is 12.4 Å². The number of benzene rings is 6. The van der Waals surface area contributed by atoms with Crippen LogP contribution in [0.3, 0.4) is 0 Å². The molecule has 1 heterocycles. The summed E-state index contributed by atoms with van der Waals surface area (Å²) in [6.07, 6.45) is 5.42. The zero-order chi connectivity index (χ0) is 32.0. The van der Waals surface area contributed by atoms with Gasteiger partial charge in [0.15, 0.2) is 5.82 Å². The van der Waals surface area contributed by atoms with Gasteiger partial charge in [-0.05, 0) is 69.3 Å². The molecule has 6 aromatic carbocycles. The molecule has 0 saturated carbocycles. The van der Waals surface area contributed by atoms with E-state index in [9.17, 15) is 0 Å². The van der Waals surface area contributed by atoms with E-state index < -0.39 is 0 Å². The fraction of sp³-hybridized carbons (Fsp3) is 0.0227. The molecule has 3 nitrogen and oxygen atoms in total. The Morgan fingerprint density at radius 2 is 1.06 bits per heavy atom. The van der Waals surface area contributed by atoms with E-state index in [4.69, 9.17) is 9.97 Å². The van der Waals surface area contributed by atoms with Gasteiger partial charge in [0.05, 0.1) is 11.4 Å². The Labute approximate surface area is 276 Å². The minimum absolute atomic E-state index is 0.680. The number of aromatic nitrogens is 2. The van der Waals surface area contributed by atoms with Crippen molar-refractivity contribution in [3.05, 3.63) is 176 Å². The van der Waals surface area contributed by atoms with Gasteiger partial charge in [-0.3, -0.25) is 4.99 Å². The van der Waals surface area contributed by atoms with Crippen LogP contribution < -0.4 is 0 Å². The molecule has 224 valence electrons. The average molecular weight is 604 g/mol. The Kier molecular flexibility index (Phi) is 8.44. The van der Waals surface area contributed by atoms with Crippen LogP contribution in [0.1, 0.15) is 12.5 Å². The average Bonchev–Trinajstić information content (AvgIpc) is 3.15. The Morgan fingerprint density at radius 3 is 1.79 bits per heavy atom. The highest BCUT2D eigenvalue weighted by Gasteiger charge is 2.13. The smallest absolute Gasteiger partial charge is 0.160 e. The van der Waals surface area contributed by atoms with E-state index >= 15 is 0 Å². The summed E-state index contributed by atoms with van der Waals surface area (Å²) in [6, 6.07) is 52.9. The third-order valence-corrected chi connectivity index (χ3v) is 8.23. The number of rotatable bonds is 8. The van der Waals surface area contributed by atoms with Crippen molar-refractivity contribution in [1.82, 2.24) is 9.97 Å². The number of hydrogen-bond donors (Lipinski definition) is 0. The Balaban J connectivity index is 1.29. The number of fused-ring (bicyclic) bond motifs is 1. The van der Waals surface area contributed by atoms with Crippen molar-refractivity contribution < 1.29 is 0 Å². The summed E-state index contributed by atoms with van der Waals surface area (Å²) in [5, 5.41) is 2.44. The monoisotopic (exact) mass is 603 g/mol. The summed E-state index contributed by atoms with van der Waals surface area (Å²) in [5.41, 5.74) is 11.2. The van der Waals surface area contributed by atoms with Crippen LogP contribution in [0.25, 0.3) is 72.5 Å². The Hall–Kier alpha value is -6.19. The summed E-state index contributed by atoms with van der Waals surface area (Å²) >= 11 is 0. The van der Waals surface area contributed by atoms with E-state index in [1.807, 2.05) is 19.1 Å². The Morgan fingerprint density at radius 1 is 0.511 bits per heavy atom. The maximum atomic E-state index is 5.13. The van der Waals surface area contributed by atoms with Crippen LogP contribution in [0.4, 0.5) is 0 Å². The highest BCUT2D eigenvalue weighted by molar-refractivity contribution is 6.09. The van der Waals surface area contributed by atoms with Gasteiger partial charge in [-0.15, -0.1) is 0 Å². The summed E-state index contributed by atoms with van der Waals surface area (Å²) in [4.78, 5) is 14.5. The quantitative estimate of drug-likeness (QED) is 0.162. The first-order valence-electron chi connectivity index (χ1n) is 15.7. The van der Waals surface area contributed by atoms with Crippen molar-refractivity contribution in [2.75, 3.05) is 0 Å². The molecule has 0 amide bonds. The molecule has 0 unspecified atom stereocenters.